The highest BCUT2D eigenvalue weighted by Gasteiger charge is 2.26. The Morgan fingerprint density at radius 3 is 2.47 bits per heavy atom. The van der Waals surface area contributed by atoms with Crippen molar-refractivity contribution in [1.82, 2.24) is 4.90 Å². The Kier molecular flexibility index (Phi) is 4.82. The molecule has 0 bridgehead atoms. The number of aliphatic hydroxyl groups is 1. The van der Waals surface area contributed by atoms with Gasteiger partial charge in [-0.1, -0.05) is 34.1 Å². The average molecular weight is 324 g/mol. The fourth-order valence-electron chi connectivity index (χ4n) is 2.31. The van der Waals surface area contributed by atoms with E-state index in [4.69, 9.17) is 0 Å². The highest BCUT2D eigenvalue weighted by molar-refractivity contribution is 9.10. The summed E-state index contributed by atoms with van der Waals surface area (Å²) in [6.45, 7) is 7.03. The molecule has 1 heterocycles. The zero-order valence-electron chi connectivity index (χ0n) is 11.7. The summed E-state index contributed by atoms with van der Waals surface area (Å²) in [5, 5.41) is 9.93. The predicted octanol–water partition coefficient (Wildman–Crippen LogP) is 3.70. The lowest BCUT2D eigenvalue weighted by atomic mass is 9.94. The van der Waals surface area contributed by atoms with Crippen LogP contribution < -0.4 is 0 Å². The maximum Gasteiger partial charge on any atom is 0.0644 e. The van der Waals surface area contributed by atoms with Gasteiger partial charge in [-0.15, -0.1) is 0 Å². The molecule has 1 aliphatic rings. The van der Waals surface area contributed by atoms with Crippen LogP contribution in [0.1, 0.15) is 32.3 Å². The van der Waals surface area contributed by atoms with Gasteiger partial charge in [0.05, 0.1) is 5.60 Å². The number of rotatable bonds is 3. The molecule has 1 aromatic carbocycles. The number of allylic oxidation sites excluding steroid dienone is 1. The molecule has 19 heavy (non-hydrogen) atoms. The Balaban J connectivity index is 1.90. The highest BCUT2D eigenvalue weighted by Crippen LogP contribution is 2.22. The Bertz CT molecular complexity index is 440. The molecule has 0 unspecified atom stereocenters. The molecule has 1 aliphatic heterocycles. The van der Waals surface area contributed by atoms with Crippen molar-refractivity contribution >= 4 is 21.5 Å². The Hall–Kier alpha value is -0.640. The van der Waals surface area contributed by atoms with Gasteiger partial charge in [-0.2, -0.15) is 0 Å². The van der Waals surface area contributed by atoms with Gasteiger partial charge in [0.25, 0.3) is 0 Å². The summed E-state index contributed by atoms with van der Waals surface area (Å²) in [6.07, 6.45) is 4.03. The van der Waals surface area contributed by atoms with Gasteiger partial charge in [0.1, 0.15) is 0 Å². The van der Waals surface area contributed by atoms with Crippen LogP contribution in [0.15, 0.2) is 34.8 Å². The van der Waals surface area contributed by atoms with Crippen molar-refractivity contribution < 1.29 is 5.11 Å². The smallest absolute Gasteiger partial charge is 0.0644 e. The van der Waals surface area contributed by atoms with Crippen LogP contribution in [0.2, 0.25) is 0 Å². The van der Waals surface area contributed by atoms with Gasteiger partial charge < -0.3 is 5.11 Å². The second-order valence-electron chi connectivity index (χ2n) is 5.69. The summed E-state index contributed by atoms with van der Waals surface area (Å²) in [7, 11) is 0. The number of benzene rings is 1. The monoisotopic (exact) mass is 323 g/mol. The summed E-state index contributed by atoms with van der Waals surface area (Å²) in [5.41, 5.74) is 2.12. The van der Waals surface area contributed by atoms with Crippen molar-refractivity contribution in [2.75, 3.05) is 19.6 Å². The van der Waals surface area contributed by atoms with Crippen molar-refractivity contribution in [3.63, 3.8) is 0 Å². The number of hydrogen-bond acceptors (Lipinski definition) is 2. The van der Waals surface area contributed by atoms with Crippen molar-refractivity contribution in [2.45, 2.75) is 32.3 Å². The van der Waals surface area contributed by atoms with E-state index in [1.807, 2.05) is 6.92 Å². The van der Waals surface area contributed by atoms with E-state index in [0.717, 1.165) is 36.9 Å². The third kappa shape index (κ3) is 4.44. The Labute approximate surface area is 124 Å². The summed E-state index contributed by atoms with van der Waals surface area (Å²) in [5.74, 6) is 0. The molecule has 0 atom stereocenters. The standard InChI is InChI=1S/C16H22BrNO/c1-13(14-3-5-15(17)6-4-14)7-10-18-11-8-16(2,19)9-12-18/h3-7,19H,8-12H2,1-2H3/b13-7+. The first kappa shape index (κ1) is 14.8. The third-order valence-electron chi connectivity index (χ3n) is 3.89. The second-order valence-corrected chi connectivity index (χ2v) is 6.61. The van der Waals surface area contributed by atoms with Crippen molar-refractivity contribution in [2.24, 2.45) is 0 Å². The molecule has 1 N–H and O–H groups in total. The van der Waals surface area contributed by atoms with Crippen molar-refractivity contribution in [1.29, 1.82) is 0 Å². The number of piperidine rings is 1. The van der Waals surface area contributed by atoms with E-state index in [2.05, 4.69) is 58.1 Å². The first-order valence-corrected chi connectivity index (χ1v) is 7.63. The van der Waals surface area contributed by atoms with Crippen LogP contribution in [0.25, 0.3) is 5.57 Å². The molecule has 0 aliphatic carbocycles. The summed E-state index contributed by atoms with van der Waals surface area (Å²) in [6, 6.07) is 8.42. The zero-order chi connectivity index (χ0) is 13.9. The molecule has 0 radical (unpaired) electrons. The molecular weight excluding hydrogens is 302 g/mol. The normalized spacial score (nSPS) is 20.5. The molecule has 0 amide bonds. The quantitative estimate of drug-likeness (QED) is 0.916. The Morgan fingerprint density at radius 1 is 1.32 bits per heavy atom. The summed E-state index contributed by atoms with van der Waals surface area (Å²) >= 11 is 3.46. The van der Waals surface area contributed by atoms with E-state index < -0.39 is 5.60 Å². The second kappa shape index (κ2) is 6.21. The van der Waals surface area contributed by atoms with Gasteiger partial charge in [0.15, 0.2) is 0 Å². The van der Waals surface area contributed by atoms with Crippen LogP contribution in [-0.4, -0.2) is 35.2 Å². The van der Waals surface area contributed by atoms with Gasteiger partial charge in [0.2, 0.25) is 0 Å². The van der Waals surface area contributed by atoms with Crippen LogP contribution in [0.3, 0.4) is 0 Å². The van der Waals surface area contributed by atoms with Gasteiger partial charge in [-0.05, 0) is 50.0 Å². The van der Waals surface area contributed by atoms with Crippen LogP contribution in [0, 0.1) is 0 Å². The molecule has 2 nitrogen and oxygen atoms in total. The van der Waals surface area contributed by atoms with Gasteiger partial charge in [-0.3, -0.25) is 4.90 Å². The van der Waals surface area contributed by atoms with E-state index in [9.17, 15) is 5.11 Å². The first-order chi connectivity index (χ1) is 8.96. The van der Waals surface area contributed by atoms with Crippen LogP contribution >= 0.6 is 15.9 Å². The van der Waals surface area contributed by atoms with Crippen molar-refractivity contribution in [3.05, 3.63) is 40.4 Å². The molecule has 0 saturated carbocycles. The topological polar surface area (TPSA) is 23.5 Å². The van der Waals surface area contributed by atoms with E-state index in [-0.39, 0.29) is 0 Å². The predicted molar refractivity (Wildman–Crippen MR) is 84.1 cm³/mol. The lowest BCUT2D eigenvalue weighted by Gasteiger charge is -2.35. The van der Waals surface area contributed by atoms with Gasteiger partial charge >= 0.3 is 0 Å². The highest BCUT2D eigenvalue weighted by atomic mass is 79.9. The number of hydrogen-bond donors (Lipinski definition) is 1. The molecule has 104 valence electrons. The van der Waals surface area contributed by atoms with Gasteiger partial charge in [0, 0.05) is 24.1 Å². The van der Waals surface area contributed by atoms with Gasteiger partial charge in [-0.25, -0.2) is 0 Å². The minimum atomic E-state index is -0.457. The molecule has 1 saturated heterocycles. The molecule has 0 aromatic heterocycles. The largest absolute Gasteiger partial charge is 0.390 e. The molecule has 1 aromatic rings. The molecule has 0 spiro atoms. The number of nitrogens with zero attached hydrogens (tertiary/aromatic N) is 1. The minimum Gasteiger partial charge on any atom is -0.390 e. The summed E-state index contributed by atoms with van der Waals surface area (Å²) in [4.78, 5) is 2.40. The maximum absolute atomic E-state index is 9.93. The average Bonchev–Trinajstić information content (AvgIpc) is 2.38. The fraction of sp³-hybridized carbons (Fsp3) is 0.500. The molecular formula is C16H22BrNO. The lowest BCUT2D eigenvalue weighted by molar-refractivity contribution is -0.00242. The SMILES string of the molecule is C/C(=C\CN1CCC(C)(O)CC1)c1ccc(Br)cc1. The van der Waals surface area contributed by atoms with E-state index in [0.29, 0.717) is 0 Å². The summed E-state index contributed by atoms with van der Waals surface area (Å²) < 4.78 is 1.11. The lowest BCUT2D eigenvalue weighted by Crippen LogP contribution is -2.42. The third-order valence-corrected chi connectivity index (χ3v) is 4.42. The maximum atomic E-state index is 9.93. The van der Waals surface area contributed by atoms with E-state index in [1.165, 1.54) is 11.1 Å². The number of likely N-dealkylation sites (tertiary alicyclic amines) is 1. The van der Waals surface area contributed by atoms with E-state index >= 15 is 0 Å². The zero-order valence-corrected chi connectivity index (χ0v) is 13.3. The van der Waals surface area contributed by atoms with Crippen LogP contribution in [0.4, 0.5) is 0 Å². The fourth-order valence-corrected chi connectivity index (χ4v) is 2.58. The molecule has 2 rings (SSSR count). The van der Waals surface area contributed by atoms with Crippen molar-refractivity contribution in [3.8, 4) is 0 Å². The minimum absolute atomic E-state index is 0.457. The Morgan fingerprint density at radius 2 is 1.89 bits per heavy atom. The van der Waals surface area contributed by atoms with E-state index in [1.54, 1.807) is 0 Å². The number of halogens is 1. The molecule has 3 heteroatoms. The first-order valence-electron chi connectivity index (χ1n) is 6.84. The molecule has 1 fully saturated rings. The van der Waals surface area contributed by atoms with Crippen LogP contribution in [0.5, 0.6) is 0 Å². The van der Waals surface area contributed by atoms with Crippen LogP contribution in [-0.2, 0) is 0 Å².